The maximum atomic E-state index is 12.3. The van der Waals surface area contributed by atoms with Gasteiger partial charge in [-0.25, -0.2) is 4.98 Å². The van der Waals surface area contributed by atoms with E-state index in [1.807, 2.05) is 36.4 Å². The first-order chi connectivity index (χ1) is 12.7. The molecule has 3 rings (SSSR count). The predicted molar refractivity (Wildman–Crippen MR) is 101 cm³/mol. The molecule has 0 saturated heterocycles. The third kappa shape index (κ3) is 4.00. The molecule has 0 aliphatic rings. The SMILES string of the molecule is COc1cccc(-c2nc(C(=O)NCCc3ccccn3)cs2)c1OC. The number of aromatic nitrogens is 2. The summed E-state index contributed by atoms with van der Waals surface area (Å²) in [6.45, 7) is 0.505. The van der Waals surface area contributed by atoms with Crippen LogP contribution in [-0.2, 0) is 6.42 Å². The molecule has 26 heavy (non-hydrogen) atoms. The molecular formula is C19H19N3O3S. The highest BCUT2D eigenvalue weighted by Gasteiger charge is 2.17. The lowest BCUT2D eigenvalue weighted by molar-refractivity contribution is 0.0950. The summed E-state index contributed by atoms with van der Waals surface area (Å²) in [6, 6.07) is 11.3. The van der Waals surface area contributed by atoms with E-state index in [0.717, 1.165) is 11.3 Å². The zero-order chi connectivity index (χ0) is 18.4. The minimum Gasteiger partial charge on any atom is -0.493 e. The number of thiazole rings is 1. The largest absolute Gasteiger partial charge is 0.493 e. The van der Waals surface area contributed by atoms with Crippen molar-refractivity contribution in [2.75, 3.05) is 20.8 Å². The first-order valence-electron chi connectivity index (χ1n) is 8.08. The highest BCUT2D eigenvalue weighted by Crippen LogP contribution is 2.38. The van der Waals surface area contributed by atoms with Crippen molar-refractivity contribution in [1.82, 2.24) is 15.3 Å². The van der Waals surface area contributed by atoms with Crippen molar-refractivity contribution < 1.29 is 14.3 Å². The third-order valence-electron chi connectivity index (χ3n) is 3.76. The third-order valence-corrected chi connectivity index (χ3v) is 4.64. The maximum absolute atomic E-state index is 12.3. The van der Waals surface area contributed by atoms with Gasteiger partial charge in [-0.2, -0.15) is 0 Å². The number of hydrogen-bond donors (Lipinski definition) is 1. The molecule has 0 aliphatic heterocycles. The van der Waals surface area contributed by atoms with Crippen molar-refractivity contribution in [3.05, 3.63) is 59.4 Å². The van der Waals surface area contributed by atoms with Crippen LogP contribution in [0.2, 0.25) is 0 Å². The molecule has 3 aromatic rings. The van der Waals surface area contributed by atoms with E-state index in [9.17, 15) is 4.79 Å². The summed E-state index contributed by atoms with van der Waals surface area (Å²) in [5, 5.41) is 5.32. The average molecular weight is 369 g/mol. The summed E-state index contributed by atoms with van der Waals surface area (Å²) < 4.78 is 10.8. The number of benzene rings is 1. The van der Waals surface area contributed by atoms with Crippen LogP contribution in [0.15, 0.2) is 48.0 Å². The van der Waals surface area contributed by atoms with Crippen molar-refractivity contribution >= 4 is 17.2 Å². The van der Waals surface area contributed by atoms with Crippen LogP contribution in [0.5, 0.6) is 11.5 Å². The van der Waals surface area contributed by atoms with Gasteiger partial charge >= 0.3 is 0 Å². The molecule has 7 heteroatoms. The number of para-hydroxylation sites is 1. The zero-order valence-electron chi connectivity index (χ0n) is 14.6. The number of hydrogen-bond acceptors (Lipinski definition) is 6. The van der Waals surface area contributed by atoms with Gasteiger partial charge in [-0.1, -0.05) is 12.1 Å². The molecule has 0 bridgehead atoms. The van der Waals surface area contributed by atoms with E-state index in [-0.39, 0.29) is 5.91 Å². The fourth-order valence-corrected chi connectivity index (χ4v) is 3.32. The van der Waals surface area contributed by atoms with Gasteiger partial charge in [-0.15, -0.1) is 11.3 Å². The number of amides is 1. The fraction of sp³-hybridized carbons (Fsp3) is 0.211. The standard InChI is InChI=1S/C19H19N3O3S/c1-24-16-8-5-7-14(17(16)25-2)19-22-15(12-26-19)18(23)21-11-9-13-6-3-4-10-20-13/h3-8,10,12H,9,11H2,1-2H3,(H,21,23). The fourth-order valence-electron chi connectivity index (χ4n) is 2.50. The van der Waals surface area contributed by atoms with Gasteiger partial charge in [0, 0.05) is 30.2 Å². The highest BCUT2D eigenvalue weighted by molar-refractivity contribution is 7.13. The molecular weight excluding hydrogens is 350 g/mol. The van der Waals surface area contributed by atoms with Gasteiger partial charge in [0.15, 0.2) is 11.5 Å². The van der Waals surface area contributed by atoms with Gasteiger partial charge in [0.05, 0.1) is 19.8 Å². The topological polar surface area (TPSA) is 73.3 Å². The molecule has 6 nitrogen and oxygen atoms in total. The van der Waals surface area contributed by atoms with E-state index >= 15 is 0 Å². The van der Waals surface area contributed by atoms with E-state index in [1.165, 1.54) is 11.3 Å². The summed E-state index contributed by atoms with van der Waals surface area (Å²) in [7, 11) is 3.17. The molecule has 0 radical (unpaired) electrons. The number of carbonyl (C=O) groups is 1. The number of methoxy groups -OCH3 is 2. The van der Waals surface area contributed by atoms with E-state index < -0.39 is 0 Å². The van der Waals surface area contributed by atoms with Crippen molar-refractivity contribution in [3.63, 3.8) is 0 Å². The van der Waals surface area contributed by atoms with E-state index in [2.05, 4.69) is 15.3 Å². The Balaban J connectivity index is 1.69. The quantitative estimate of drug-likeness (QED) is 0.692. The summed E-state index contributed by atoms with van der Waals surface area (Å²) >= 11 is 1.39. The van der Waals surface area contributed by atoms with Crippen LogP contribution in [0.1, 0.15) is 16.2 Å². The van der Waals surface area contributed by atoms with Gasteiger partial charge < -0.3 is 14.8 Å². The lowest BCUT2D eigenvalue weighted by Gasteiger charge is -2.10. The predicted octanol–water partition coefficient (Wildman–Crippen LogP) is 3.19. The van der Waals surface area contributed by atoms with Crippen LogP contribution in [0, 0.1) is 0 Å². The number of ether oxygens (including phenoxy) is 2. The molecule has 2 aromatic heterocycles. The van der Waals surface area contributed by atoms with E-state index in [1.54, 1.807) is 25.8 Å². The number of nitrogens with zero attached hydrogens (tertiary/aromatic N) is 2. The lowest BCUT2D eigenvalue weighted by Crippen LogP contribution is -2.26. The summed E-state index contributed by atoms with van der Waals surface area (Å²) in [4.78, 5) is 21.0. The van der Waals surface area contributed by atoms with E-state index in [0.29, 0.717) is 35.2 Å². The molecule has 1 aromatic carbocycles. The Bertz CT molecular complexity index is 881. The molecule has 1 N–H and O–H groups in total. The monoisotopic (exact) mass is 369 g/mol. The second kappa shape index (κ2) is 8.44. The molecule has 0 saturated carbocycles. The molecule has 0 fully saturated rings. The van der Waals surface area contributed by atoms with Gasteiger partial charge in [0.25, 0.3) is 5.91 Å². The van der Waals surface area contributed by atoms with Gasteiger partial charge in [-0.3, -0.25) is 9.78 Å². The Morgan fingerprint density at radius 3 is 2.77 bits per heavy atom. The molecule has 0 atom stereocenters. The number of nitrogens with one attached hydrogen (secondary N) is 1. The number of rotatable bonds is 7. The van der Waals surface area contributed by atoms with E-state index in [4.69, 9.17) is 9.47 Å². The summed E-state index contributed by atoms with van der Waals surface area (Å²) in [6.07, 6.45) is 2.42. The summed E-state index contributed by atoms with van der Waals surface area (Å²) in [5.41, 5.74) is 2.12. The average Bonchev–Trinajstić information content (AvgIpc) is 3.18. The first-order valence-corrected chi connectivity index (χ1v) is 8.96. The van der Waals surface area contributed by atoms with Crippen LogP contribution in [-0.4, -0.2) is 36.6 Å². The zero-order valence-corrected chi connectivity index (χ0v) is 15.4. The molecule has 0 aliphatic carbocycles. The van der Waals surface area contributed by atoms with Crippen LogP contribution in [0.3, 0.4) is 0 Å². The Hall–Kier alpha value is -2.93. The molecule has 0 unspecified atom stereocenters. The first kappa shape index (κ1) is 17.9. The molecule has 0 spiro atoms. The van der Waals surface area contributed by atoms with Crippen molar-refractivity contribution in [2.45, 2.75) is 6.42 Å². The normalized spacial score (nSPS) is 10.4. The Morgan fingerprint density at radius 2 is 2.04 bits per heavy atom. The van der Waals surface area contributed by atoms with Crippen molar-refractivity contribution in [1.29, 1.82) is 0 Å². The maximum Gasteiger partial charge on any atom is 0.270 e. The Labute approximate surface area is 155 Å². The molecule has 2 heterocycles. The minimum atomic E-state index is -0.203. The minimum absolute atomic E-state index is 0.203. The smallest absolute Gasteiger partial charge is 0.270 e. The van der Waals surface area contributed by atoms with Gasteiger partial charge in [0.1, 0.15) is 10.7 Å². The Morgan fingerprint density at radius 1 is 1.15 bits per heavy atom. The van der Waals surface area contributed by atoms with Crippen molar-refractivity contribution in [3.8, 4) is 22.1 Å². The number of pyridine rings is 1. The Kier molecular flexibility index (Phi) is 5.80. The summed E-state index contributed by atoms with van der Waals surface area (Å²) in [5.74, 6) is 1.03. The lowest BCUT2D eigenvalue weighted by atomic mass is 10.2. The second-order valence-electron chi connectivity index (χ2n) is 5.41. The van der Waals surface area contributed by atoms with Crippen LogP contribution < -0.4 is 14.8 Å². The van der Waals surface area contributed by atoms with Crippen LogP contribution in [0.4, 0.5) is 0 Å². The van der Waals surface area contributed by atoms with Crippen LogP contribution >= 0.6 is 11.3 Å². The highest BCUT2D eigenvalue weighted by atomic mass is 32.1. The second-order valence-corrected chi connectivity index (χ2v) is 6.26. The van der Waals surface area contributed by atoms with Crippen LogP contribution in [0.25, 0.3) is 10.6 Å². The number of carbonyl (C=O) groups excluding carboxylic acids is 1. The molecule has 134 valence electrons. The van der Waals surface area contributed by atoms with Gasteiger partial charge in [0.2, 0.25) is 0 Å². The van der Waals surface area contributed by atoms with Crippen molar-refractivity contribution in [2.24, 2.45) is 0 Å². The van der Waals surface area contributed by atoms with Gasteiger partial charge in [-0.05, 0) is 24.3 Å². The molecule has 1 amide bonds.